The maximum absolute atomic E-state index is 13.7. The lowest BCUT2D eigenvalue weighted by Gasteiger charge is -2.42. The number of amides is 2. The van der Waals surface area contributed by atoms with Gasteiger partial charge in [0.2, 0.25) is 11.8 Å². The number of rotatable bonds is 4. The second-order valence-corrected chi connectivity index (χ2v) is 11.0. The van der Waals surface area contributed by atoms with Gasteiger partial charge in [0.25, 0.3) is 0 Å². The highest BCUT2D eigenvalue weighted by molar-refractivity contribution is 7.09. The molecule has 7 nitrogen and oxygen atoms in total. The molecule has 0 spiro atoms. The highest BCUT2D eigenvalue weighted by Crippen LogP contribution is 2.55. The molecule has 1 N–H and O–H groups in total. The molecule has 0 saturated carbocycles. The third kappa shape index (κ3) is 3.54. The predicted molar refractivity (Wildman–Crippen MR) is 136 cm³/mol. The van der Waals surface area contributed by atoms with Gasteiger partial charge in [0.1, 0.15) is 0 Å². The van der Waals surface area contributed by atoms with E-state index in [1.165, 1.54) is 35.5 Å². The van der Waals surface area contributed by atoms with Crippen LogP contribution in [0, 0.1) is 17.8 Å². The van der Waals surface area contributed by atoms with Crippen LogP contribution in [0.5, 0.6) is 11.5 Å². The summed E-state index contributed by atoms with van der Waals surface area (Å²) in [6, 6.07) is 8.71. The number of hydrogen-bond donors (Lipinski definition) is 1. The topological polar surface area (TPSA) is 101 Å². The maximum atomic E-state index is 13.7. The summed E-state index contributed by atoms with van der Waals surface area (Å²) >= 11 is 1.50. The number of nitrogens with zero attached hydrogens (tertiary/aromatic N) is 1. The molecule has 0 bridgehead atoms. The Hall–Kier alpha value is -3.78. The number of hydrogen-bond acceptors (Lipinski definition) is 7. The van der Waals surface area contributed by atoms with Crippen LogP contribution in [0.15, 0.2) is 70.2 Å². The van der Waals surface area contributed by atoms with E-state index in [2.05, 4.69) is 0 Å². The number of carbonyl (C=O) groups is 4. The van der Waals surface area contributed by atoms with Gasteiger partial charge < -0.3 is 9.84 Å². The van der Waals surface area contributed by atoms with Gasteiger partial charge in [0.15, 0.2) is 23.1 Å². The fraction of sp³-hybridized carbons (Fsp3) is 0.310. The summed E-state index contributed by atoms with van der Waals surface area (Å²) in [7, 11) is 1.45. The minimum absolute atomic E-state index is 0.0339. The van der Waals surface area contributed by atoms with Crippen molar-refractivity contribution in [2.24, 2.45) is 17.8 Å². The zero-order valence-electron chi connectivity index (χ0n) is 20.4. The van der Waals surface area contributed by atoms with Crippen LogP contribution in [0.2, 0.25) is 0 Å². The number of ether oxygens (including phenoxy) is 1. The van der Waals surface area contributed by atoms with Gasteiger partial charge in [-0.25, -0.2) is 0 Å². The fourth-order valence-electron chi connectivity index (χ4n) is 6.39. The molecule has 1 aromatic carbocycles. The smallest absolute Gasteiger partial charge is 0.234 e. The molecule has 4 atom stereocenters. The van der Waals surface area contributed by atoms with E-state index < -0.39 is 17.8 Å². The number of carbonyl (C=O) groups excluding carboxylic acids is 4. The fourth-order valence-corrected chi connectivity index (χ4v) is 7.09. The molecule has 2 heterocycles. The van der Waals surface area contributed by atoms with E-state index in [0.29, 0.717) is 28.7 Å². The van der Waals surface area contributed by atoms with Crippen molar-refractivity contribution in [2.75, 3.05) is 7.11 Å². The number of imide groups is 1. The third-order valence-electron chi connectivity index (χ3n) is 8.09. The number of allylic oxidation sites excluding steroid dienone is 6. The minimum Gasteiger partial charge on any atom is -0.504 e. The normalized spacial score (nSPS) is 27.0. The number of thiophene rings is 1. The van der Waals surface area contributed by atoms with Gasteiger partial charge in [0.05, 0.1) is 25.5 Å². The summed E-state index contributed by atoms with van der Waals surface area (Å²) < 4.78 is 5.33. The summed E-state index contributed by atoms with van der Waals surface area (Å²) in [5.74, 6) is -2.61. The number of phenols is 1. The summed E-state index contributed by atoms with van der Waals surface area (Å²) in [6.45, 7) is 1.88. The molecular weight excluding hydrogens is 490 g/mol. The first kappa shape index (κ1) is 23.6. The number of Topliss-reactive ketones (excluding diaryl/α,β-unsaturated/α-hetero) is 1. The van der Waals surface area contributed by atoms with Gasteiger partial charge in [-0.1, -0.05) is 23.8 Å². The molecule has 6 rings (SSSR count). The van der Waals surface area contributed by atoms with Crippen molar-refractivity contribution in [1.29, 1.82) is 0 Å². The SMILES string of the molecule is COc1cc([C@H]2C3=CC[C@@H]4C(=O)N(Cc5cccs5)C(=O)[C@@H]4[C@@H]3CC3=C2C(=O)C(C)=CC3=O)ccc1O. The molecule has 4 aliphatic rings. The quantitative estimate of drug-likeness (QED) is 0.374. The first-order valence-electron chi connectivity index (χ1n) is 12.2. The molecule has 1 aliphatic heterocycles. The first-order valence-corrected chi connectivity index (χ1v) is 13.1. The molecule has 188 valence electrons. The molecule has 1 fully saturated rings. The minimum atomic E-state index is -0.585. The van der Waals surface area contributed by atoms with Crippen molar-refractivity contribution in [3.05, 3.63) is 80.6 Å². The van der Waals surface area contributed by atoms with Crippen molar-refractivity contribution >= 4 is 34.7 Å². The highest BCUT2D eigenvalue weighted by Gasteiger charge is 2.56. The van der Waals surface area contributed by atoms with Crippen LogP contribution in [0.3, 0.4) is 0 Å². The molecular formula is C29H25NO6S. The number of methoxy groups -OCH3 is 1. The van der Waals surface area contributed by atoms with Crippen LogP contribution in [-0.2, 0) is 25.7 Å². The zero-order chi connectivity index (χ0) is 26.0. The van der Waals surface area contributed by atoms with Crippen LogP contribution in [0.4, 0.5) is 0 Å². The summed E-state index contributed by atoms with van der Waals surface area (Å²) in [6.07, 6.45) is 4.00. The van der Waals surface area contributed by atoms with Crippen molar-refractivity contribution in [3.63, 3.8) is 0 Å². The van der Waals surface area contributed by atoms with Crippen LogP contribution >= 0.6 is 11.3 Å². The van der Waals surface area contributed by atoms with E-state index in [-0.39, 0.29) is 53.8 Å². The van der Waals surface area contributed by atoms with Gasteiger partial charge in [-0.05, 0) is 60.9 Å². The molecule has 1 saturated heterocycles. The predicted octanol–water partition coefficient (Wildman–Crippen LogP) is 4.09. The van der Waals surface area contributed by atoms with E-state index in [1.54, 1.807) is 19.1 Å². The summed E-state index contributed by atoms with van der Waals surface area (Å²) in [5, 5.41) is 12.1. The third-order valence-corrected chi connectivity index (χ3v) is 8.95. The Morgan fingerprint density at radius 3 is 2.65 bits per heavy atom. The van der Waals surface area contributed by atoms with Crippen LogP contribution in [-0.4, -0.2) is 40.5 Å². The Morgan fingerprint density at radius 2 is 1.92 bits per heavy atom. The molecule has 1 aromatic heterocycles. The highest BCUT2D eigenvalue weighted by atomic mass is 32.1. The standard InChI is InChI=1S/C29H25NO6S/c1-14-10-22(32)20-12-19-17(24(26(20)27(14)33)15-5-8-21(31)23(11-15)36-2)6-7-18-25(19)29(35)30(28(18)34)13-16-4-3-9-37-16/h3-6,8-11,18-19,24-25,31H,7,12-13H2,1-2H3/t18-,19+,24-,25-/m0/s1. The largest absolute Gasteiger partial charge is 0.504 e. The molecule has 3 aliphatic carbocycles. The van der Waals surface area contributed by atoms with Gasteiger partial charge in [-0.2, -0.15) is 0 Å². The average molecular weight is 516 g/mol. The molecule has 0 radical (unpaired) electrons. The van der Waals surface area contributed by atoms with Crippen LogP contribution in [0.25, 0.3) is 0 Å². The van der Waals surface area contributed by atoms with Gasteiger partial charge in [-0.15, -0.1) is 11.3 Å². The monoisotopic (exact) mass is 515 g/mol. The Kier molecular flexibility index (Phi) is 5.53. The van der Waals surface area contributed by atoms with Crippen molar-refractivity contribution in [3.8, 4) is 11.5 Å². The lowest BCUT2D eigenvalue weighted by atomic mass is 9.59. The second-order valence-electron chi connectivity index (χ2n) is 10.0. The molecule has 0 unspecified atom stereocenters. The molecule has 2 amide bonds. The number of benzene rings is 1. The Labute approximate surface area is 217 Å². The Balaban J connectivity index is 1.47. The van der Waals surface area contributed by atoms with E-state index in [0.717, 1.165) is 10.5 Å². The average Bonchev–Trinajstić information content (AvgIpc) is 3.49. The molecule has 2 aromatic rings. The lowest BCUT2D eigenvalue weighted by molar-refractivity contribution is -0.140. The van der Waals surface area contributed by atoms with Crippen molar-refractivity contribution in [1.82, 2.24) is 4.90 Å². The Bertz CT molecular complexity index is 1460. The lowest BCUT2D eigenvalue weighted by Crippen LogP contribution is -2.39. The zero-order valence-corrected chi connectivity index (χ0v) is 21.2. The Morgan fingerprint density at radius 1 is 1.11 bits per heavy atom. The van der Waals surface area contributed by atoms with Crippen LogP contribution < -0.4 is 4.74 Å². The second kappa shape index (κ2) is 8.66. The van der Waals surface area contributed by atoms with E-state index in [9.17, 15) is 24.3 Å². The van der Waals surface area contributed by atoms with Crippen molar-refractivity contribution in [2.45, 2.75) is 32.2 Å². The molecule has 37 heavy (non-hydrogen) atoms. The number of likely N-dealkylation sites (tertiary alicyclic amines) is 1. The number of aromatic hydroxyl groups is 1. The van der Waals surface area contributed by atoms with Crippen LogP contribution in [0.1, 0.15) is 36.1 Å². The van der Waals surface area contributed by atoms with Gasteiger partial charge >= 0.3 is 0 Å². The number of fused-ring (bicyclic) bond motifs is 3. The van der Waals surface area contributed by atoms with E-state index in [4.69, 9.17) is 4.74 Å². The van der Waals surface area contributed by atoms with Gasteiger partial charge in [-0.3, -0.25) is 24.1 Å². The first-order chi connectivity index (χ1) is 17.8. The number of ketones is 2. The molecule has 8 heteroatoms. The summed E-state index contributed by atoms with van der Waals surface area (Å²) in [5.41, 5.74) is 2.78. The summed E-state index contributed by atoms with van der Waals surface area (Å²) in [4.78, 5) is 56.0. The van der Waals surface area contributed by atoms with Gasteiger partial charge in [0, 0.05) is 27.5 Å². The maximum Gasteiger partial charge on any atom is 0.234 e. The van der Waals surface area contributed by atoms with Crippen molar-refractivity contribution < 1.29 is 29.0 Å². The van der Waals surface area contributed by atoms with E-state index >= 15 is 0 Å². The van der Waals surface area contributed by atoms with E-state index in [1.807, 2.05) is 23.6 Å². The number of phenolic OH excluding ortho intramolecular Hbond substituents is 1.